The average molecular weight is 228 g/mol. The first-order valence-electron chi connectivity index (χ1n) is 4.69. The summed E-state index contributed by atoms with van der Waals surface area (Å²) in [4.78, 5) is 11.4. The van der Waals surface area contributed by atoms with Gasteiger partial charge < -0.3 is 5.11 Å². The summed E-state index contributed by atoms with van der Waals surface area (Å²) < 4.78 is 12.8. The Morgan fingerprint density at radius 2 is 2.33 bits per heavy atom. The highest BCUT2D eigenvalue weighted by molar-refractivity contribution is 8.00. The molecule has 1 aromatic carbocycles. The molecule has 1 rings (SSSR count). The molecule has 82 valence electrons. The maximum absolute atomic E-state index is 12.8. The summed E-state index contributed by atoms with van der Waals surface area (Å²) in [5, 5.41) is 8.95. The van der Waals surface area contributed by atoms with E-state index in [2.05, 4.69) is 0 Å². The molecule has 2 nitrogen and oxygen atoms in total. The number of benzene rings is 1. The summed E-state index contributed by atoms with van der Waals surface area (Å²) >= 11 is 1.47. The third-order valence-electron chi connectivity index (χ3n) is 1.96. The predicted molar refractivity (Wildman–Crippen MR) is 58.8 cm³/mol. The van der Waals surface area contributed by atoms with E-state index in [9.17, 15) is 9.18 Å². The van der Waals surface area contributed by atoms with Crippen LogP contribution in [0.5, 0.6) is 0 Å². The van der Waals surface area contributed by atoms with Gasteiger partial charge in [-0.3, -0.25) is 4.79 Å². The van der Waals surface area contributed by atoms with Gasteiger partial charge in [0.05, 0.1) is 0 Å². The van der Waals surface area contributed by atoms with Crippen LogP contribution in [0.25, 0.3) is 0 Å². The number of hydrogen-bond acceptors (Lipinski definition) is 3. The molecular weight excluding hydrogens is 215 g/mol. The first kappa shape index (κ1) is 12.2. The van der Waals surface area contributed by atoms with Crippen molar-refractivity contribution in [3.05, 3.63) is 29.6 Å². The molecule has 4 heteroatoms. The molecule has 0 bridgehead atoms. The van der Waals surface area contributed by atoms with Crippen molar-refractivity contribution in [3.63, 3.8) is 0 Å². The predicted octanol–water partition coefficient (Wildman–Crippen LogP) is 2.50. The van der Waals surface area contributed by atoms with Crippen molar-refractivity contribution >= 4 is 18.0 Å². The van der Waals surface area contributed by atoms with Gasteiger partial charge in [0.25, 0.3) is 0 Å². The Morgan fingerprint density at radius 1 is 1.60 bits per heavy atom. The highest BCUT2D eigenvalue weighted by Crippen LogP contribution is 2.27. The van der Waals surface area contributed by atoms with E-state index in [0.29, 0.717) is 18.3 Å². The summed E-state index contributed by atoms with van der Waals surface area (Å²) in [6, 6.07) is 4.15. The van der Waals surface area contributed by atoms with Gasteiger partial charge in [0.1, 0.15) is 5.82 Å². The van der Waals surface area contributed by atoms with Crippen molar-refractivity contribution in [1.29, 1.82) is 0 Å². The summed E-state index contributed by atoms with van der Waals surface area (Å²) in [7, 11) is 0. The van der Waals surface area contributed by atoms with Gasteiger partial charge >= 0.3 is 0 Å². The summed E-state index contributed by atoms with van der Waals surface area (Å²) in [5.41, 5.74) is 0.366. The lowest BCUT2D eigenvalue weighted by molar-refractivity contribution is 0.112. The monoisotopic (exact) mass is 228 g/mol. The highest BCUT2D eigenvalue weighted by Gasteiger charge is 2.08. The van der Waals surface area contributed by atoms with Crippen LogP contribution in [0.3, 0.4) is 0 Å². The largest absolute Gasteiger partial charge is 0.396 e. The van der Waals surface area contributed by atoms with Crippen LogP contribution >= 0.6 is 11.8 Å². The molecule has 1 aromatic rings. The summed E-state index contributed by atoms with van der Waals surface area (Å²) in [5.74, 6) is -0.406. The van der Waals surface area contributed by atoms with E-state index in [-0.39, 0.29) is 11.9 Å². The van der Waals surface area contributed by atoms with Crippen LogP contribution in [0.4, 0.5) is 4.39 Å². The van der Waals surface area contributed by atoms with E-state index < -0.39 is 5.82 Å². The highest BCUT2D eigenvalue weighted by atomic mass is 32.2. The van der Waals surface area contributed by atoms with Crippen molar-refractivity contribution in [2.75, 3.05) is 6.61 Å². The van der Waals surface area contributed by atoms with E-state index in [1.165, 1.54) is 23.9 Å². The molecule has 0 amide bonds. The zero-order chi connectivity index (χ0) is 11.3. The van der Waals surface area contributed by atoms with Crippen LogP contribution in [0.15, 0.2) is 23.1 Å². The van der Waals surface area contributed by atoms with Gasteiger partial charge in [-0.25, -0.2) is 4.39 Å². The van der Waals surface area contributed by atoms with Crippen LogP contribution in [0.1, 0.15) is 23.7 Å². The zero-order valence-electron chi connectivity index (χ0n) is 8.44. The average Bonchev–Trinajstić information content (AvgIpc) is 2.21. The molecule has 1 atom stereocenters. The fourth-order valence-corrected chi connectivity index (χ4v) is 2.22. The maximum atomic E-state index is 12.8. The molecule has 0 spiro atoms. The lowest BCUT2D eigenvalue weighted by Crippen LogP contribution is -2.00. The Labute approximate surface area is 92.5 Å². The lowest BCUT2D eigenvalue weighted by atomic mass is 10.2. The normalized spacial score (nSPS) is 12.5. The molecule has 0 heterocycles. The number of hydrogen-bond donors (Lipinski definition) is 1. The zero-order valence-corrected chi connectivity index (χ0v) is 9.26. The van der Waals surface area contributed by atoms with Gasteiger partial charge in [-0.1, -0.05) is 6.92 Å². The second-order valence-corrected chi connectivity index (χ2v) is 4.72. The third kappa shape index (κ3) is 3.64. The van der Waals surface area contributed by atoms with E-state index in [4.69, 9.17) is 5.11 Å². The Balaban J connectivity index is 2.80. The lowest BCUT2D eigenvalue weighted by Gasteiger charge is -2.10. The Kier molecular flexibility index (Phi) is 4.78. The number of aliphatic hydroxyl groups is 1. The molecular formula is C11H13FO2S. The van der Waals surface area contributed by atoms with Crippen LogP contribution in [0.2, 0.25) is 0 Å². The molecule has 0 aliphatic carbocycles. The van der Waals surface area contributed by atoms with Crippen LogP contribution in [0, 0.1) is 5.82 Å². The van der Waals surface area contributed by atoms with E-state index in [1.54, 1.807) is 6.07 Å². The van der Waals surface area contributed by atoms with E-state index in [0.717, 1.165) is 4.90 Å². The Morgan fingerprint density at radius 3 is 2.93 bits per heavy atom. The number of carbonyl (C=O) groups is 1. The van der Waals surface area contributed by atoms with E-state index in [1.807, 2.05) is 6.92 Å². The molecule has 0 aromatic heterocycles. The molecule has 1 N–H and O–H groups in total. The number of rotatable bonds is 5. The summed E-state index contributed by atoms with van der Waals surface area (Å²) in [6.45, 7) is 2.07. The van der Waals surface area contributed by atoms with Crippen molar-refractivity contribution in [1.82, 2.24) is 0 Å². The summed E-state index contributed by atoms with van der Waals surface area (Å²) in [6.07, 6.45) is 1.30. The standard InChI is InChI=1S/C11H13FO2S/c1-8(4-5-13)15-11-3-2-10(12)6-9(11)7-14/h2-3,6-8,13H,4-5H2,1H3. The molecule has 0 radical (unpaired) electrons. The van der Waals surface area contributed by atoms with Gasteiger partial charge in [0, 0.05) is 22.3 Å². The number of halogens is 1. The Bertz CT molecular complexity index is 341. The minimum absolute atomic E-state index is 0.117. The fraction of sp³-hybridized carbons (Fsp3) is 0.364. The fourth-order valence-electron chi connectivity index (χ4n) is 1.18. The van der Waals surface area contributed by atoms with Gasteiger partial charge in [0.15, 0.2) is 6.29 Å². The van der Waals surface area contributed by atoms with Gasteiger partial charge in [-0.2, -0.15) is 0 Å². The quantitative estimate of drug-likeness (QED) is 0.621. The van der Waals surface area contributed by atoms with Crippen LogP contribution in [-0.2, 0) is 0 Å². The van der Waals surface area contributed by atoms with Crippen molar-refractivity contribution in [2.24, 2.45) is 0 Å². The molecule has 0 saturated heterocycles. The van der Waals surface area contributed by atoms with Crippen LogP contribution < -0.4 is 0 Å². The van der Waals surface area contributed by atoms with Gasteiger partial charge in [0.2, 0.25) is 0 Å². The molecule has 15 heavy (non-hydrogen) atoms. The first-order chi connectivity index (χ1) is 7.17. The first-order valence-corrected chi connectivity index (χ1v) is 5.57. The maximum Gasteiger partial charge on any atom is 0.151 e. The second-order valence-electron chi connectivity index (χ2n) is 3.24. The number of thioether (sulfide) groups is 1. The van der Waals surface area contributed by atoms with Gasteiger partial charge in [-0.15, -0.1) is 11.8 Å². The van der Waals surface area contributed by atoms with Crippen molar-refractivity contribution in [2.45, 2.75) is 23.5 Å². The molecule has 0 aliphatic heterocycles. The number of carbonyl (C=O) groups excluding carboxylic acids is 1. The third-order valence-corrected chi connectivity index (χ3v) is 3.23. The smallest absolute Gasteiger partial charge is 0.151 e. The Hall–Kier alpha value is -0.870. The van der Waals surface area contributed by atoms with E-state index >= 15 is 0 Å². The number of aldehydes is 1. The minimum atomic E-state index is -0.406. The second kappa shape index (κ2) is 5.88. The van der Waals surface area contributed by atoms with Gasteiger partial charge in [-0.05, 0) is 24.6 Å². The number of aliphatic hydroxyl groups excluding tert-OH is 1. The van der Waals surface area contributed by atoms with Crippen LogP contribution in [-0.4, -0.2) is 23.2 Å². The van der Waals surface area contributed by atoms with Crippen molar-refractivity contribution in [3.8, 4) is 0 Å². The molecule has 0 fully saturated rings. The molecule has 0 saturated carbocycles. The SMILES string of the molecule is CC(CCO)Sc1ccc(F)cc1C=O. The topological polar surface area (TPSA) is 37.3 Å². The molecule has 0 aliphatic rings. The minimum Gasteiger partial charge on any atom is -0.396 e. The molecule has 1 unspecified atom stereocenters. The van der Waals surface area contributed by atoms with Crippen molar-refractivity contribution < 1.29 is 14.3 Å².